The molecule has 1 N–H and O–H groups in total. The summed E-state index contributed by atoms with van der Waals surface area (Å²) in [6.07, 6.45) is -0.769. The van der Waals surface area contributed by atoms with Gasteiger partial charge in [0.05, 0.1) is 18.8 Å². The molecule has 0 saturated carbocycles. The van der Waals surface area contributed by atoms with E-state index in [2.05, 4.69) is 9.80 Å². The van der Waals surface area contributed by atoms with Crippen LogP contribution in [0.2, 0.25) is 0 Å². The van der Waals surface area contributed by atoms with Gasteiger partial charge in [0.25, 0.3) is 0 Å². The van der Waals surface area contributed by atoms with Crippen molar-refractivity contribution in [3.05, 3.63) is 35.4 Å². The maximum Gasteiger partial charge on any atom is 0.129 e. The van der Waals surface area contributed by atoms with Gasteiger partial charge in [0.1, 0.15) is 11.6 Å². The minimum Gasteiger partial charge on any atom is -0.387 e. The molecular formula is C17H26F2N2O2. The Balaban J connectivity index is 1.76. The Morgan fingerprint density at radius 2 is 1.78 bits per heavy atom. The van der Waals surface area contributed by atoms with Gasteiger partial charge in [0.2, 0.25) is 0 Å². The van der Waals surface area contributed by atoms with Gasteiger partial charge in [-0.15, -0.1) is 0 Å². The number of ether oxygens (including phenoxy) is 1. The van der Waals surface area contributed by atoms with Crippen LogP contribution in [0.1, 0.15) is 25.5 Å². The number of halogens is 2. The van der Waals surface area contributed by atoms with Crippen LogP contribution < -0.4 is 0 Å². The highest BCUT2D eigenvalue weighted by Gasteiger charge is 2.21. The van der Waals surface area contributed by atoms with Crippen molar-refractivity contribution < 1.29 is 18.6 Å². The highest BCUT2D eigenvalue weighted by atomic mass is 19.1. The van der Waals surface area contributed by atoms with E-state index in [1.165, 1.54) is 0 Å². The average molecular weight is 328 g/mol. The zero-order valence-electron chi connectivity index (χ0n) is 13.8. The second-order valence-corrected chi connectivity index (χ2v) is 6.24. The number of aliphatic hydroxyl groups excluding tert-OH is 1. The third kappa shape index (κ3) is 5.80. The zero-order chi connectivity index (χ0) is 16.8. The number of hydrogen-bond donors (Lipinski definition) is 1. The lowest BCUT2D eigenvalue weighted by atomic mass is 10.1. The van der Waals surface area contributed by atoms with Gasteiger partial charge in [0, 0.05) is 44.8 Å². The van der Waals surface area contributed by atoms with E-state index in [1.807, 2.05) is 13.8 Å². The number of piperazine rings is 1. The minimum absolute atomic E-state index is 0.0257. The van der Waals surface area contributed by atoms with Gasteiger partial charge < -0.3 is 9.84 Å². The molecule has 0 aromatic heterocycles. The van der Waals surface area contributed by atoms with Crippen LogP contribution in [0.15, 0.2) is 18.2 Å². The molecule has 1 aliphatic heterocycles. The first-order valence-electron chi connectivity index (χ1n) is 8.15. The zero-order valence-corrected chi connectivity index (χ0v) is 13.8. The Kier molecular flexibility index (Phi) is 6.89. The largest absolute Gasteiger partial charge is 0.387 e. The second kappa shape index (κ2) is 8.68. The number of β-amino-alcohol motifs (C(OH)–C–C–N with tert-alkyl or cyclic N) is 1. The third-order valence-corrected chi connectivity index (χ3v) is 4.07. The van der Waals surface area contributed by atoms with Gasteiger partial charge in [-0.25, -0.2) is 8.78 Å². The molecule has 0 aliphatic carbocycles. The van der Waals surface area contributed by atoms with Crippen molar-refractivity contribution in [3.63, 3.8) is 0 Å². The lowest BCUT2D eigenvalue weighted by molar-refractivity contribution is 0.0343. The fraction of sp³-hybridized carbons (Fsp3) is 0.647. The molecule has 1 aromatic carbocycles. The molecule has 0 radical (unpaired) electrons. The molecule has 1 aliphatic rings. The molecule has 1 aromatic rings. The Hall–Kier alpha value is -1.08. The van der Waals surface area contributed by atoms with E-state index >= 15 is 0 Å². The SMILES string of the molecule is CC(C)OCCN1CCN(CC(O)c2cc(F)ccc2F)CC1. The van der Waals surface area contributed by atoms with Crippen LogP contribution in [0, 0.1) is 11.6 Å². The fourth-order valence-electron chi connectivity index (χ4n) is 2.73. The molecular weight excluding hydrogens is 302 g/mol. The summed E-state index contributed by atoms with van der Waals surface area (Å²) in [7, 11) is 0. The summed E-state index contributed by atoms with van der Waals surface area (Å²) in [5, 5.41) is 10.2. The first-order chi connectivity index (χ1) is 11.0. The van der Waals surface area contributed by atoms with Crippen LogP contribution in [0.5, 0.6) is 0 Å². The van der Waals surface area contributed by atoms with Crippen LogP contribution in [-0.2, 0) is 4.74 Å². The van der Waals surface area contributed by atoms with Crippen LogP contribution >= 0.6 is 0 Å². The monoisotopic (exact) mass is 328 g/mol. The van der Waals surface area contributed by atoms with E-state index in [-0.39, 0.29) is 11.7 Å². The van der Waals surface area contributed by atoms with E-state index in [1.54, 1.807) is 0 Å². The molecule has 1 heterocycles. The molecule has 1 unspecified atom stereocenters. The predicted molar refractivity (Wildman–Crippen MR) is 85.3 cm³/mol. The van der Waals surface area contributed by atoms with Crippen LogP contribution in [0.25, 0.3) is 0 Å². The molecule has 1 atom stereocenters. The van der Waals surface area contributed by atoms with E-state index in [0.29, 0.717) is 6.54 Å². The van der Waals surface area contributed by atoms with Crippen LogP contribution in [0.3, 0.4) is 0 Å². The van der Waals surface area contributed by atoms with E-state index in [9.17, 15) is 13.9 Å². The first kappa shape index (κ1) is 18.3. The molecule has 0 bridgehead atoms. The minimum atomic E-state index is -1.01. The highest BCUT2D eigenvalue weighted by Crippen LogP contribution is 2.20. The van der Waals surface area contributed by atoms with Gasteiger partial charge in [-0.2, -0.15) is 0 Å². The molecule has 1 saturated heterocycles. The Morgan fingerprint density at radius 1 is 1.13 bits per heavy atom. The van der Waals surface area contributed by atoms with Crippen molar-refractivity contribution in [3.8, 4) is 0 Å². The van der Waals surface area contributed by atoms with E-state index in [0.717, 1.165) is 57.5 Å². The Bertz CT molecular complexity index is 491. The number of hydrogen-bond acceptors (Lipinski definition) is 4. The maximum absolute atomic E-state index is 13.7. The van der Waals surface area contributed by atoms with Crippen molar-refractivity contribution in [1.29, 1.82) is 0 Å². The molecule has 6 heteroatoms. The summed E-state index contributed by atoms with van der Waals surface area (Å²) in [5.41, 5.74) is 0.0257. The summed E-state index contributed by atoms with van der Waals surface area (Å²) in [6, 6.07) is 3.18. The predicted octanol–water partition coefficient (Wildman–Crippen LogP) is 2.04. The summed E-state index contributed by atoms with van der Waals surface area (Å²) in [5.74, 6) is -1.10. The molecule has 4 nitrogen and oxygen atoms in total. The van der Waals surface area contributed by atoms with Gasteiger partial charge in [-0.1, -0.05) is 0 Å². The first-order valence-corrected chi connectivity index (χ1v) is 8.15. The topological polar surface area (TPSA) is 35.9 Å². The number of benzene rings is 1. The Labute approximate surface area is 136 Å². The molecule has 1 fully saturated rings. The van der Waals surface area contributed by atoms with E-state index in [4.69, 9.17) is 4.74 Å². The Morgan fingerprint density at radius 3 is 2.43 bits per heavy atom. The maximum atomic E-state index is 13.7. The van der Waals surface area contributed by atoms with Crippen molar-refractivity contribution in [2.75, 3.05) is 45.9 Å². The van der Waals surface area contributed by atoms with Crippen LogP contribution in [0.4, 0.5) is 8.78 Å². The molecule has 130 valence electrons. The van der Waals surface area contributed by atoms with Gasteiger partial charge >= 0.3 is 0 Å². The van der Waals surface area contributed by atoms with Crippen molar-refractivity contribution in [2.45, 2.75) is 26.1 Å². The highest BCUT2D eigenvalue weighted by molar-refractivity contribution is 5.21. The smallest absolute Gasteiger partial charge is 0.129 e. The lowest BCUT2D eigenvalue weighted by Gasteiger charge is -2.35. The quantitative estimate of drug-likeness (QED) is 0.831. The van der Waals surface area contributed by atoms with Gasteiger partial charge in [-0.3, -0.25) is 9.80 Å². The molecule has 2 rings (SSSR count). The molecule has 0 amide bonds. The molecule has 23 heavy (non-hydrogen) atoms. The van der Waals surface area contributed by atoms with Crippen molar-refractivity contribution in [1.82, 2.24) is 9.80 Å². The summed E-state index contributed by atoms with van der Waals surface area (Å²) >= 11 is 0. The summed E-state index contributed by atoms with van der Waals surface area (Å²) in [4.78, 5) is 4.39. The normalized spacial score (nSPS) is 18.5. The van der Waals surface area contributed by atoms with Crippen molar-refractivity contribution >= 4 is 0 Å². The lowest BCUT2D eigenvalue weighted by Crippen LogP contribution is -2.48. The molecule has 0 spiro atoms. The fourth-order valence-corrected chi connectivity index (χ4v) is 2.73. The van der Waals surface area contributed by atoms with Crippen molar-refractivity contribution in [2.24, 2.45) is 0 Å². The summed E-state index contributed by atoms with van der Waals surface area (Å²) in [6.45, 7) is 9.35. The average Bonchev–Trinajstić information content (AvgIpc) is 2.51. The van der Waals surface area contributed by atoms with Gasteiger partial charge in [-0.05, 0) is 32.0 Å². The third-order valence-electron chi connectivity index (χ3n) is 4.07. The standard InChI is InChI=1S/C17H26F2N2O2/c1-13(2)23-10-9-20-5-7-21(8-6-20)12-17(22)15-11-14(18)3-4-16(15)19/h3-4,11,13,17,22H,5-10,12H2,1-2H3. The second-order valence-electron chi connectivity index (χ2n) is 6.24. The number of nitrogens with zero attached hydrogens (tertiary/aromatic N) is 2. The van der Waals surface area contributed by atoms with Crippen LogP contribution in [-0.4, -0.2) is 66.9 Å². The van der Waals surface area contributed by atoms with E-state index < -0.39 is 17.7 Å². The summed E-state index contributed by atoms with van der Waals surface area (Å²) < 4.78 is 32.4. The van der Waals surface area contributed by atoms with Gasteiger partial charge in [0.15, 0.2) is 0 Å². The number of rotatable bonds is 7. The number of aliphatic hydroxyl groups is 1.